The molecule has 0 atom stereocenters. The summed E-state index contributed by atoms with van der Waals surface area (Å²) in [6.45, 7) is 6.74. The van der Waals surface area contributed by atoms with Crippen LogP contribution in [0.25, 0.3) is 5.69 Å². The summed E-state index contributed by atoms with van der Waals surface area (Å²) in [7, 11) is 2.06. The molecule has 0 radical (unpaired) electrons. The maximum atomic E-state index is 4.51. The normalized spacial score (nSPS) is 14.8. The number of hydrogen-bond acceptors (Lipinski definition) is 5. The van der Waals surface area contributed by atoms with Crippen molar-refractivity contribution in [2.24, 2.45) is 7.05 Å². The molecular formula is C17H21N7. The fourth-order valence-electron chi connectivity index (χ4n) is 3.46. The number of aryl methyl sites for hydroxylation is 3. The third kappa shape index (κ3) is 2.50. The number of hydrogen-bond donors (Lipinski definition) is 0. The Hall–Kier alpha value is -2.54. The molecule has 0 unspecified atom stereocenters. The molecule has 124 valence electrons. The van der Waals surface area contributed by atoms with Gasteiger partial charge in [-0.05, 0) is 35.4 Å². The van der Waals surface area contributed by atoms with Crippen LogP contribution in [0.3, 0.4) is 0 Å². The van der Waals surface area contributed by atoms with Crippen LogP contribution in [0, 0.1) is 13.8 Å². The van der Waals surface area contributed by atoms with Crippen molar-refractivity contribution in [2.45, 2.75) is 33.4 Å². The van der Waals surface area contributed by atoms with Crippen LogP contribution in [0.2, 0.25) is 0 Å². The van der Waals surface area contributed by atoms with Crippen molar-refractivity contribution >= 4 is 0 Å². The van der Waals surface area contributed by atoms with E-state index >= 15 is 0 Å². The van der Waals surface area contributed by atoms with E-state index in [1.807, 2.05) is 11.0 Å². The van der Waals surface area contributed by atoms with E-state index in [0.717, 1.165) is 43.3 Å². The van der Waals surface area contributed by atoms with Crippen molar-refractivity contribution in [3.8, 4) is 5.69 Å². The number of nitrogens with zero attached hydrogens (tertiary/aromatic N) is 7. The zero-order chi connectivity index (χ0) is 16.7. The van der Waals surface area contributed by atoms with Gasteiger partial charge in [-0.2, -0.15) is 4.68 Å². The highest BCUT2D eigenvalue weighted by molar-refractivity contribution is 5.46. The van der Waals surface area contributed by atoms with Crippen molar-refractivity contribution in [1.82, 2.24) is 34.7 Å². The van der Waals surface area contributed by atoms with Crippen LogP contribution in [0.4, 0.5) is 0 Å². The maximum Gasteiger partial charge on any atom is 0.170 e. The average molecular weight is 323 g/mol. The molecule has 7 nitrogen and oxygen atoms in total. The van der Waals surface area contributed by atoms with E-state index in [1.54, 1.807) is 0 Å². The van der Waals surface area contributed by atoms with Crippen molar-refractivity contribution in [3.63, 3.8) is 0 Å². The first-order valence-electron chi connectivity index (χ1n) is 8.19. The van der Waals surface area contributed by atoms with Crippen LogP contribution in [0.1, 0.15) is 28.3 Å². The molecule has 0 saturated heterocycles. The standard InChI is InChI=1S/C17H21N7/c1-12-5-4-6-13(2)17(12)24-16(19-20-21-24)10-23-8-7-15-14(9-23)18-11-22(15)3/h4-6,11H,7-10H2,1-3H3. The maximum absolute atomic E-state index is 4.51. The van der Waals surface area contributed by atoms with Crippen molar-refractivity contribution < 1.29 is 0 Å². The minimum atomic E-state index is 0.719. The number of aromatic nitrogens is 6. The summed E-state index contributed by atoms with van der Waals surface area (Å²) >= 11 is 0. The van der Waals surface area contributed by atoms with Gasteiger partial charge in [-0.15, -0.1) is 5.10 Å². The van der Waals surface area contributed by atoms with E-state index in [1.165, 1.54) is 16.8 Å². The van der Waals surface area contributed by atoms with Gasteiger partial charge in [0.05, 0.1) is 24.3 Å². The summed E-state index contributed by atoms with van der Waals surface area (Å²) in [5, 5.41) is 12.4. The van der Waals surface area contributed by atoms with Gasteiger partial charge in [-0.25, -0.2) is 4.98 Å². The Balaban J connectivity index is 1.60. The van der Waals surface area contributed by atoms with Crippen molar-refractivity contribution in [1.29, 1.82) is 0 Å². The van der Waals surface area contributed by atoms with Crippen LogP contribution in [0.5, 0.6) is 0 Å². The minimum absolute atomic E-state index is 0.719. The van der Waals surface area contributed by atoms with Crippen molar-refractivity contribution in [2.75, 3.05) is 6.54 Å². The largest absolute Gasteiger partial charge is 0.337 e. The highest BCUT2D eigenvalue weighted by Crippen LogP contribution is 2.21. The predicted molar refractivity (Wildman–Crippen MR) is 89.7 cm³/mol. The molecule has 0 N–H and O–H groups in total. The molecule has 4 rings (SSSR count). The fourth-order valence-corrected chi connectivity index (χ4v) is 3.46. The Bertz CT molecular complexity index is 857. The lowest BCUT2D eigenvalue weighted by Crippen LogP contribution is -2.32. The van der Waals surface area contributed by atoms with E-state index in [0.29, 0.717) is 0 Å². The van der Waals surface area contributed by atoms with Gasteiger partial charge < -0.3 is 4.57 Å². The summed E-state index contributed by atoms with van der Waals surface area (Å²) in [6.07, 6.45) is 2.91. The first-order chi connectivity index (χ1) is 11.6. The van der Waals surface area contributed by atoms with E-state index in [4.69, 9.17) is 0 Å². The van der Waals surface area contributed by atoms with Gasteiger partial charge in [-0.1, -0.05) is 18.2 Å². The van der Waals surface area contributed by atoms with Crippen LogP contribution in [-0.2, 0) is 26.6 Å². The smallest absolute Gasteiger partial charge is 0.170 e. The van der Waals surface area contributed by atoms with Gasteiger partial charge in [0.25, 0.3) is 0 Å². The molecule has 1 aliphatic heterocycles. The van der Waals surface area contributed by atoms with Gasteiger partial charge in [0, 0.05) is 32.3 Å². The van der Waals surface area contributed by atoms with Crippen molar-refractivity contribution in [3.05, 3.63) is 52.9 Å². The Morgan fingerprint density at radius 2 is 1.96 bits per heavy atom. The zero-order valence-electron chi connectivity index (χ0n) is 14.3. The lowest BCUT2D eigenvalue weighted by molar-refractivity contribution is 0.232. The quantitative estimate of drug-likeness (QED) is 0.732. The lowest BCUT2D eigenvalue weighted by Gasteiger charge is -2.26. The molecule has 0 saturated carbocycles. The van der Waals surface area contributed by atoms with Gasteiger partial charge in [0.15, 0.2) is 5.82 Å². The Morgan fingerprint density at radius 3 is 2.75 bits per heavy atom. The molecule has 7 heteroatoms. The van der Waals surface area contributed by atoms with Crippen LogP contribution in [-0.4, -0.2) is 41.2 Å². The number of tetrazole rings is 1. The lowest BCUT2D eigenvalue weighted by atomic mass is 10.1. The number of fused-ring (bicyclic) bond motifs is 1. The summed E-state index contributed by atoms with van der Waals surface area (Å²) in [6, 6.07) is 6.25. The molecule has 1 aromatic carbocycles. The second-order valence-electron chi connectivity index (χ2n) is 6.46. The highest BCUT2D eigenvalue weighted by Gasteiger charge is 2.22. The molecule has 24 heavy (non-hydrogen) atoms. The molecular weight excluding hydrogens is 302 g/mol. The number of imidazole rings is 1. The number of rotatable bonds is 3. The molecule has 3 aromatic rings. The van der Waals surface area contributed by atoms with Crippen LogP contribution in [0.15, 0.2) is 24.5 Å². The molecule has 1 aliphatic rings. The minimum Gasteiger partial charge on any atom is -0.337 e. The second kappa shape index (κ2) is 5.83. The van der Waals surface area contributed by atoms with Crippen LogP contribution >= 0.6 is 0 Å². The number of benzene rings is 1. The van der Waals surface area contributed by atoms with E-state index in [9.17, 15) is 0 Å². The topological polar surface area (TPSA) is 64.7 Å². The number of para-hydroxylation sites is 1. The molecule has 0 amide bonds. The summed E-state index contributed by atoms with van der Waals surface area (Å²) < 4.78 is 3.99. The van der Waals surface area contributed by atoms with Gasteiger partial charge in [0.2, 0.25) is 0 Å². The van der Waals surface area contributed by atoms with E-state index < -0.39 is 0 Å². The fraction of sp³-hybridized carbons (Fsp3) is 0.412. The molecule has 0 aliphatic carbocycles. The van der Waals surface area contributed by atoms with E-state index in [-0.39, 0.29) is 0 Å². The summed E-state index contributed by atoms with van der Waals surface area (Å²) in [4.78, 5) is 6.86. The first kappa shape index (κ1) is 15.0. The Labute approximate surface area is 140 Å². The summed E-state index contributed by atoms with van der Waals surface area (Å²) in [5.41, 5.74) is 5.92. The van der Waals surface area contributed by atoms with Gasteiger partial charge >= 0.3 is 0 Å². The first-order valence-corrected chi connectivity index (χ1v) is 8.19. The van der Waals surface area contributed by atoms with E-state index in [2.05, 4.69) is 69.1 Å². The Morgan fingerprint density at radius 1 is 1.17 bits per heavy atom. The third-order valence-corrected chi connectivity index (χ3v) is 4.73. The monoisotopic (exact) mass is 323 g/mol. The average Bonchev–Trinajstić information content (AvgIpc) is 3.15. The second-order valence-corrected chi connectivity index (χ2v) is 6.46. The molecule has 0 spiro atoms. The highest BCUT2D eigenvalue weighted by atomic mass is 15.5. The summed E-state index contributed by atoms with van der Waals surface area (Å²) in [5.74, 6) is 0.867. The van der Waals surface area contributed by atoms with Gasteiger partial charge in [-0.3, -0.25) is 4.90 Å². The Kier molecular flexibility index (Phi) is 3.65. The van der Waals surface area contributed by atoms with Gasteiger partial charge in [0.1, 0.15) is 0 Å². The zero-order valence-corrected chi connectivity index (χ0v) is 14.3. The molecule has 3 heterocycles. The predicted octanol–water partition coefficient (Wildman–Crippen LogP) is 1.57. The van der Waals surface area contributed by atoms with Crippen LogP contribution < -0.4 is 0 Å². The SMILES string of the molecule is Cc1cccc(C)c1-n1nnnc1CN1CCc2c(ncn2C)C1. The molecule has 0 bridgehead atoms. The third-order valence-electron chi connectivity index (χ3n) is 4.73. The molecule has 2 aromatic heterocycles. The molecule has 0 fully saturated rings.